The molecule has 1 aliphatic heterocycles. The van der Waals surface area contributed by atoms with Crippen molar-refractivity contribution in [3.05, 3.63) is 70.3 Å². The van der Waals surface area contributed by atoms with E-state index in [9.17, 15) is 14.9 Å². The van der Waals surface area contributed by atoms with Crippen LogP contribution in [0.1, 0.15) is 38.3 Å². The number of benzene rings is 2. The lowest BCUT2D eigenvalue weighted by atomic mass is 9.92. The Balaban J connectivity index is 1.63. The molecule has 28 heavy (non-hydrogen) atoms. The van der Waals surface area contributed by atoms with Crippen molar-refractivity contribution in [1.82, 2.24) is 5.32 Å². The van der Waals surface area contributed by atoms with Crippen LogP contribution in [-0.2, 0) is 4.79 Å². The van der Waals surface area contributed by atoms with Gasteiger partial charge in [-0.15, -0.1) is 0 Å². The molecule has 1 heterocycles. The van der Waals surface area contributed by atoms with E-state index < -0.39 is 0 Å². The summed E-state index contributed by atoms with van der Waals surface area (Å²) in [6.07, 6.45) is 1.38. The van der Waals surface area contributed by atoms with E-state index in [0.717, 1.165) is 5.56 Å². The van der Waals surface area contributed by atoms with Crippen molar-refractivity contribution in [3.63, 3.8) is 0 Å². The number of rotatable bonds is 6. The number of nitro benzene ring substituents is 1. The quantitative estimate of drug-likeness (QED) is 0.597. The molecule has 0 radical (unpaired) electrons. The number of carbonyl (C=O) groups is 1. The number of nitro groups is 1. The van der Waals surface area contributed by atoms with Crippen LogP contribution < -0.4 is 10.2 Å². The van der Waals surface area contributed by atoms with Gasteiger partial charge in [0.15, 0.2) is 0 Å². The van der Waals surface area contributed by atoms with E-state index in [1.54, 1.807) is 12.1 Å². The minimum atomic E-state index is -0.346. The van der Waals surface area contributed by atoms with Gasteiger partial charge < -0.3 is 10.2 Å². The number of hydrogen-bond acceptors (Lipinski definition) is 4. The third-order valence-corrected chi connectivity index (χ3v) is 5.41. The molecule has 1 fully saturated rings. The molecule has 6 nitrogen and oxygen atoms in total. The summed E-state index contributed by atoms with van der Waals surface area (Å²) >= 11 is 0. The molecule has 1 unspecified atom stereocenters. The van der Waals surface area contributed by atoms with Gasteiger partial charge in [-0.25, -0.2) is 0 Å². The predicted octanol–water partition coefficient (Wildman–Crippen LogP) is 4.32. The summed E-state index contributed by atoms with van der Waals surface area (Å²) in [6, 6.07) is 16.8. The third-order valence-electron chi connectivity index (χ3n) is 5.41. The SMILES string of the molecule is CC(C)C(NC(=O)C1CCN(c2ccccc2[N+](=O)[O-])CC1)c1ccccc1. The Morgan fingerprint density at radius 2 is 1.68 bits per heavy atom. The van der Waals surface area contributed by atoms with Gasteiger partial charge in [0.05, 0.1) is 11.0 Å². The highest BCUT2D eigenvalue weighted by molar-refractivity contribution is 5.79. The maximum absolute atomic E-state index is 12.9. The lowest BCUT2D eigenvalue weighted by Crippen LogP contribution is -2.42. The number of nitrogens with one attached hydrogen (secondary N) is 1. The summed E-state index contributed by atoms with van der Waals surface area (Å²) < 4.78 is 0. The smallest absolute Gasteiger partial charge is 0.292 e. The summed E-state index contributed by atoms with van der Waals surface area (Å²) in [7, 11) is 0. The van der Waals surface area contributed by atoms with E-state index >= 15 is 0 Å². The molecule has 0 bridgehead atoms. The van der Waals surface area contributed by atoms with Crippen LogP contribution in [0.25, 0.3) is 0 Å². The standard InChI is InChI=1S/C22H27N3O3/c1-16(2)21(17-8-4-3-5-9-17)23-22(26)18-12-14-24(15-13-18)19-10-6-7-11-20(19)25(27)28/h3-11,16,18,21H,12-15H2,1-2H3,(H,23,26). The molecule has 0 aliphatic carbocycles. The lowest BCUT2D eigenvalue weighted by molar-refractivity contribution is -0.384. The van der Waals surface area contributed by atoms with Crippen molar-refractivity contribution in [1.29, 1.82) is 0 Å². The number of amides is 1. The number of hydrogen-bond donors (Lipinski definition) is 1. The van der Waals surface area contributed by atoms with E-state index in [0.29, 0.717) is 37.5 Å². The molecule has 3 rings (SSSR count). The van der Waals surface area contributed by atoms with E-state index in [1.165, 1.54) is 6.07 Å². The Morgan fingerprint density at radius 3 is 2.29 bits per heavy atom. The van der Waals surface area contributed by atoms with Crippen molar-refractivity contribution in [2.75, 3.05) is 18.0 Å². The van der Waals surface area contributed by atoms with Crippen LogP contribution in [0.3, 0.4) is 0 Å². The molecule has 1 aliphatic rings. The summed E-state index contributed by atoms with van der Waals surface area (Å²) in [5.74, 6) is 0.298. The third kappa shape index (κ3) is 4.50. The van der Waals surface area contributed by atoms with Crippen LogP contribution in [0.4, 0.5) is 11.4 Å². The number of piperidine rings is 1. The van der Waals surface area contributed by atoms with Crippen LogP contribution in [0.2, 0.25) is 0 Å². The maximum Gasteiger partial charge on any atom is 0.292 e. The first-order valence-electron chi connectivity index (χ1n) is 9.81. The van der Waals surface area contributed by atoms with Gasteiger partial charge in [0.1, 0.15) is 5.69 Å². The molecule has 0 spiro atoms. The molecule has 1 atom stereocenters. The minimum absolute atomic E-state index is 0.0121. The average Bonchev–Trinajstić information content (AvgIpc) is 2.72. The number of anilines is 1. The summed E-state index contributed by atoms with van der Waals surface area (Å²) in [5.41, 5.74) is 1.87. The topological polar surface area (TPSA) is 75.5 Å². The fourth-order valence-electron chi connectivity index (χ4n) is 3.83. The first-order valence-corrected chi connectivity index (χ1v) is 9.81. The molecule has 2 aromatic carbocycles. The fraction of sp³-hybridized carbons (Fsp3) is 0.409. The molecule has 6 heteroatoms. The van der Waals surface area contributed by atoms with Gasteiger partial charge in [-0.1, -0.05) is 56.3 Å². The molecule has 0 saturated carbocycles. The number of carbonyl (C=O) groups excluding carboxylic acids is 1. The van der Waals surface area contributed by atoms with Gasteiger partial charge in [-0.3, -0.25) is 14.9 Å². The Morgan fingerprint density at radius 1 is 1.07 bits per heavy atom. The zero-order valence-electron chi connectivity index (χ0n) is 16.4. The number of nitrogens with zero attached hydrogens (tertiary/aromatic N) is 2. The summed E-state index contributed by atoms with van der Waals surface area (Å²) in [4.78, 5) is 25.8. The highest BCUT2D eigenvalue weighted by atomic mass is 16.6. The zero-order chi connectivity index (χ0) is 20.1. The first kappa shape index (κ1) is 19.9. The first-order chi connectivity index (χ1) is 13.5. The highest BCUT2D eigenvalue weighted by Crippen LogP contribution is 2.31. The van der Waals surface area contributed by atoms with Crippen molar-refractivity contribution < 1.29 is 9.72 Å². The largest absolute Gasteiger partial charge is 0.366 e. The van der Waals surface area contributed by atoms with Crippen molar-refractivity contribution >= 4 is 17.3 Å². The van der Waals surface area contributed by atoms with E-state index in [1.807, 2.05) is 41.3 Å². The van der Waals surface area contributed by atoms with Crippen molar-refractivity contribution in [3.8, 4) is 0 Å². The summed E-state index contributed by atoms with van der Waals surface area (Å²) in [6.45, 7) is 5.49. The molecule has 0 aromatic heterocycles. The Kier molecular flexibility index (Phi) is 6.29. The van der Waals surface area contributed by atoms with E-state index in [-0.39, 0.29) is 28.5 Å². The van der Waals surface area contributed by atoms with Crippen LogP contribution in [0, 0.1) is 22.0 Å². The second-order valence-corrected chi connectivity index (χ2v) is 7.65. The van der Waals surface area contributed by atoms with Gasteiger partial charge in [-0.05, 0) is 30.4 Å². The molecular weight excluding hydrogens is 354 g/mol. The minimum Gasteiger partial charge on any atom is -0.366 e. The van der Waals surface area contributed by atoms with Crippen LogP contribution in [0.5, 0.6) is 0 Å². The zero-order valence-corrected chi connectivity index (χ0v) is 16.4. The van der Waals surface area contributed by atoms with Gasteiger partial charge in [-0.2, -0.15) is 0 Å². The molecule has 1 saturated heterocycles. The molecule has 2 aromatic rings. The molecule has 148 valence electrons. The predicted molar refractivity (Wildman–Crippen MR) is 110 cm³/mol. The summed E-state index contributed by atoms with van der Waals surface area (Å²) in [5, 5.41) is 14.5. The number of para-hydroxylation sites is 2. The van der Waals surface area contributed by atoms with Crippen molar-refractivity contribution in [2.24, 2.45) is 11.8 Å². The highest BCUT2D eigenvalue weighted by Gasteiger charge is 2.29. The lowest BCUT2D eigenvalue weighted by Gasteiger charge is -2.34. The average molecular weight is 381 g/mol. The molecular formula is C22H27N3O3. The van der Waals surface area contributed by atoms with Gasteiger partial charge >= 0.3 is 0 Å². The van der Waals surface area contributed by atoms with Crippen molar-refractivity contribution in [2.45, 2.75) is 32.7 Å². The van der Waals surface area contributed by atoms with Gasteiger partial charge in [0.25, 0.3) is 5.69 Å². The second-order valence-electron chi connectivity index (χ2n) is 7.65. The second kappa shape index (κ2) is 8.87. The van der Waals surface area contributed by atoms with E-state index in [2.05, 4.69) is 19.2 Å². The molecule has 1 amide bonds. The Labute approximate surface area is 165 Å². The van der Waals surface area contributed by atoms with Gasteiger partial charge in [0, 0.05) is 25.1 Å². The monoisotopic (exact) mass is 381 g/mol. The van der Waals surface area contributed by atoms with E-state index in [4.69, 9.17) is 0 Å². The van der Waals surface area contributed by atoms with Gasteiger partial charge in [0.2, 0.25) is 5.91 Å². The Hall–Kier alpha value is -2.89. The van der Waals surface area contributed by atoms with Crippen LogP contribution in [-0.4, -0.2) is 23.9 Å². The molecule has 1 N–H and O–H groups in total. The Bertz CT molecular complexity index is 815. The normalized spacial score (nSPS) is 16.0. The maximum atomic E-state index is 12.9. The fourth-order valence-corrected chi connectivity index (χ4v) is 3.83. The van der Waals surface area contributed by atoms with Crippen LogP contribution >= 0.6 is 0 Å². The van der Waals surface area contributed by atoms with Crippen LogP contribution in [0.15, 0.2) is 54.6 Å².